The lowest BCUT2D eigenvalue weighted by Crippen LogP contribution is -2.16. The van der Waals surface area contributed by atoms with Crippen molar-refractivity contribution in [1.29, 1.82) is 5.26 Å². The van der Waals surface area contributed by atoms with Gasteiger partial charge in [0.15, 0.2) is 6.71 Å². The molecule has 3 rings (SSSR count). The Morgan fingerprint density at radius 2 is 1.50 bits per heavy atom. The van der Waals surface area contributed by atoms with Crippen LogP contribution in [0.1, 0.15) is 94.9 Å². The molecule has 0 heterocycles. The van der Waals surface area contributed by atoms with Gasteiger partial charge in [0.05, 0.1) is 48.9 Å². The molecule has 3 aromatic carbocycles. The third kappa shape index (κ3) is 16.5. The van der Waals surface area contributed by atoms with E-state index in [-0.39, 0.29) is 6.71 Å². The number of ether oxygens (including phenoxy) is 2. The van der Waals surface area contributed by atoms with Crippen molar-refractivity contribution in [3.63, 3.8) is 0 Å². The molecule has 256 valence electrons. The van der Waals surface area contributed by atoms with Crippen LogP contribution in [-0.4, -0.2) is 51.8 Å². The molecule has 0 amide bonds. The Morgan fingerprint density at radius 3 is 1.96 bits per heavy atom. The number of unbranched alkanes of at least 4 members (excludes halogenated alkanes) is 3. The Bertz CT molecular complexity index is 1430. The van der Waals surface area contributed by atoms with Gasteiger partial charge in [0.1, 0.15) is 19.3 Å². The predicted molar refractivity (Wildman–Crippen MR) is 222 cm³/mol. The van der Waals surface area contributed by atoms with E-state index in [0.29, 0.717) is 30.2 Å². The second-order valence-corrected chi connectivity index (χ2v) is 12.5. The highest BCUT2D eigenvalue weighted by Crippen LogP contribution is 2.30. The summed E-state index contributed by atoms with van der Waals surface area (Å²) in [6.45, 7) is 11.7. The predicted octanol–water partition coefficient (Wildman–Crippen LogP) is 10.5. The molecule has 0 saturated carbocycles. The van der Waals surface area contributed by atoms with Gasteiger partial charge in [0, 0.05) is 5.56 Å². The molecule has 0 bridgehead atoms. The number of benzene rings is 3. The molecule has 0 aliphatic carbocycles. The van der Waals surface area contributed by atoms with E-state index in [4.69, 9.17) is 46.1 Å². The monoisotopic (exact) mass is 661 g/mol. The summed E-state index contributed by atoms with van der Waals surface area (Å²) in [5.41, 5.74) is 7.63. The molecule has 8 heteroatoms. The van der Waals surface area contributed by atoms with E-state index in [1.165, 1.54) is 74.0 Å². The maximum Gasteiger partial charge on any atom is 0.151 e. The van der Waals surface area contributed by atoms with Crippen molar-refractivity contribution in [2.75, 3.05) is 13.7 Å². The topological polar surface area (TPSA) is 42.2 Å². The smallest absolute Gasteiger partial charge is 0.151 e. The summed E-state index contributed by atoms with van der Waals surface area (Å²) in [6.07, 6.45) is 15.5. The largest absolute Gasteiger partial charge is 0.496 e. The van der Waals surface area contributed by atoms with Crippen molar-refractivity contribution in [3.05, 3.63) is 100 Å². The summed E-state index contributed by atoms with van der Waals surface area (Å²) >= 11 is 0. The molecule has 8 radical (unpaired) electrons. The molecule has 0 aliphatic rings. The Morgan fingerprint density at radius 1 is 0.880 bits per heavy atom. The van der Waals surface area contributed by atoms with E-state index in [1.807, 2.05) is 37.3 Å². The van der Waals surface area contributed by atoms with Crippen molar-refractivity contribution in [2.24, 2.45) is 5.92 Å². The molecule has 0 aliphatic heterocycles. The third-order valence-corrected chi connectivity index (χ3v) is 8.80. The molecule has 0 aromatic heterocycles. The number of nitrogens with zero attached hydrogens (tertiary/aromatic N) is 1. The summed E-state index contributed by atoms with van der Waals surface area (Å²) in [4.78, 5) is 0. The first-order valence-corrected chi connectivity index (χ1v) is 18.3. The summed E-state index contributed by atoms with van der Waals surface area (Å²) in [6, 6.07) is 22.8. The number of allylic oxidation sites excluding steroid dienone is 2. The molecule has 3 aromatic rings. The van der Waals surface area contributed by atoms with Gasteiger partial charge in [-0.15, -0.1) is 23.9 Å². The van der Waals surface area contributed by atoms with E-state index in [0.717, 1.165) is 34.7 Å². The Labute approximate surface area is 311 Å². The number of nitriles is 1. The van der Waals surface area contributed by atoms with Gasteiger partial charge < -0.3 is 9.47 Å². The fourth-order valence-electron chi connectivity index (χ4n) is 5.39. The Balaban J connectivity index is 0.000000399. The van der Waals surface area contributed by atoms with Crippen LogP contribution in [0.5, 0.6) is 11.5 Å². The third-order valence-electron chi connectivity index (χ3n) is 8.80. The van der Waals surface area contributed by atoms with E-state index >= 15 is 0 Å². The van der Waals surface area contributed by atoms with Gasteiger partial charge in [0.25, 0.3) is 0 Å². The van der Waals surface area contributed by atoms with Gasteiger partial charge in [-0.05, 0) is 85.5 Å². The first-order valence-electron chi connectivity index (χ1n) is 18.3. The molecule has 0 saturated heterocycles. The van der Waals surface area contributed by atoms with Crippen LogP contribution in [0.3, 0.4) is 0 Å². The van der Waals surface area contributed by atoms with Crippen LogP contribution in [0.4, 0.5) is 0 Å². The summed E-state index contributed by atoms with van der Waals surface area (Å²) in [7, 11) is 23.2. The highest BCUT2D eigenvalue weighted by atomic mass is 16.5. The van der Waals surface area contributed by atoms with Crippen LogP contribution in [0, 0.1) is 24.2 Å². The minimum absolute atomic E-state index is 0.148. The van der Waals surface area contributed by atoms with Gasteiger partial charge in [-0.25, -0.2) is 0 Å². The zero-order valence-electron chi connectivity index (χ0n) is 31.7. The quantitative estimate of drug-likeness (QED) is 0.101. The zero-order valence-corrected chi connectivity index (χ0v) is 31.7. The SMILES string of the molecule is C/C=C/c1cc(OC)c(C)cc1OCC(CC)CCCC.CCCCCc1ccc(-c2ccc(C#N)cc2)cc1.[B]/C=C(\C[B])B(C[B])C[B]. The molecule has 0 spiro atoms. The van der Waals surface area contributed by atoms with Crippen LogP contribution in [0.25, 0.3) is 17.2 Å². The summed E-state index contributed by atoms with van der Waals surface area (Å²) < 4.78 is 11.5. The standard InChI is InChI=1S/C19H30O2.C18H19N.C5H7B5/c1-6-9-11-16(8-3)14-21-19-12-15(4)18(20-5)13-17(19)10-7-2;1-2-3-4-5-15-6-10-17(11-7-15)18-12-8-16(14-19)9-13-18;6-1-5(2-7)10(3-8)4-9/h7,10,12-13,16H,6,8-9,11,14H2,1-5H3;6-13H,2-5H2,1H3;1H,2-4H2/b10-7+;;5-1+. The van der Waals surface area contributed by atoms with Gasteiger partial charge in [-0.1, -0.05) is 108 Å². The van der Waals surface area contributed by atoms with Crippen molar-refractivity contribution in [1.82, 2.24) is 0 Å². The molecule has 0 fully saturated rings. The van der Waals surface area contributed by atoms with E-state index in [9.17, 15) is 0 Å². The van der Waals surface area contributed by atoms with Crippen molar-refractivity contribution in [3.8, 4) is 28.7 Å². The highest BCUT2D eigenvalue weighted by Gasteiger charge is 2.12. The lowest BCUT2D eigenvalue weighted by molar-refractivity contribution is 0.232. The molecule has 3 nitrogen and oxygen atoms in total. The lowest BCUT2D eigenvalue weighted by Gasteiger charge is -2.18. The van der Waals surface area contributed by atoms with Crippen LogP contribution in [0.15, 0.2) is 78.2 Å². The van der Waals surface area contributed by atoms with Gasteiger partial charge in [-0.2, -0.15) is 5.26 Å². The van der Waals surface area contributed by atoms with Crippen molar-refractivity contribution >= 4 is 44.2 Å². The maximum atomic E-state index is 8.79. The second-order valence-electron chi connectivity index (χ2n) is 12.5. The van der Waals surface area contributed by atoms with E-state index in [1.54, 1.807) is 7.11 Å². The molecule has 1 unspecified atom stereocenters. The number of hydrogen-bond donors (Lipinski definition) is 0. The highest BCUT2D eigenvalue weighted by molar-refractivity contribution is 6.77. The van der Waals surface area contributed by atoms with Gasteiger partial charge in [-0.3, -0.25) is 0 Å². The minimum Gasteiger partial charge on any atom is -0.496 e. The molecule has 50 heavy (non-hydrogen) atoms. The van der Waals surface area contributed by atoms with Crippen molar-refractivity contribution in [2.45, 2.75) is 105 Å². The average molecular weight is 661 g/mol. The van der Waals surface area contributed by atoms with Crippen LogP contribution < -0.4 is 9.47 Å². The van der Waals surface area contributed by atoms with Gasteiger partial charge in [0.2, 0.25) is 0 Å². The van der Waals surface area contributed by atoms with Crippen LogP contribution in [0.2, 0.25) is 18.8 Å². The molecule has 0 N–H and O–H groups in total. The van der Waals surface area contributed by atoms with Crippen LogP contribution in [-0.2, 0) is 6.42 Å². The fraction of sp³-hybridized carbons (Fsp3) is 0.452. The maximum absolute atomic E-state index is 8.79. The number of methoxy groups -OCH3 is 1. The summed E-state index contributed by atoms with van der Waals surface area (Å²) in [5, 5.41) is 8.79. The zero-order chi connectivity index (χ0) is 37.1. The van der Waals surface area contributed by atoms with Gasteiger partial charge >= 0.3 is 0 Å². The number of hydrogen-bond acceptors (Lipinski definition) is 3. The number of aryl methyl sites for hydroxylation is 2. The second kappa shape index (κ2) is 27.3. The number of rotatable bonds is 18. The van der Waals surface area contributed by atoms with E-state index < -0.39 is 0 Å². The molecule has 1 atom stereocenters. The fourth-order valence-corrected chi connectivity index (χ4v) is 5.39. The van der Waals surface area contributed by atoms with Crippen molar-refractivity contribution < 1.29 is 9.47 Å². The van der Waals surface area contributed by atoms with E-state index in [2.05, 4.69) is 76.2 Å². The normalized spacial score (nSPS) is 11.4. The van der Waals surface area contributed by atoms with Crippen LogP contribution >= 0.6 is 0 Å². The Hall–Kier alpha value is -3.45. The first-order chi connectivity index (χ1) is 24.3. The molecular formula is C42H56B5NO2. The average Bonchev–Trinajstić information content (AvgIpc) is 3.15. The lowest BCUT2D eigenvalue weighted by atomic mass is 9.32. The summed E-state index contributed by atoms with van der Waals surface area (Å²) in [5.74, 6) is 4.00. The molecular weight excluding hydrogens is 605 g/mol. The Kier molecular flexibility index (Phi) is 24.3. The minimum atomic E-state index is 0.148. The first kappa shape index (κ1) is 44.6.